The van der Waals surface area contributed by atoms with E-state index in [-0.39, 0.29) is 12.3 Å². The van der Waals surface area contributed by atoms with Gasteiger partial charge in [-0.05, 0) is 18.4 Å². The van der Waals surface area contributed by atoms with Crippen molar-refractivity contribution in [3.8, 4) is 0 Å². The molecule has 9 N–H and O–H groups in total. The highest BCUT2D eigenvalue weighted by atomic mass is 16.4. The Bertz CT molecular complexity index is 876. The Kier molecular flexibility index (Phi) is 11.1. The van der Waals surface area contributed by atoms with Crippen LogP contribution in [0, 0.1) is 5.92 Å². The summed E-state index contributed by atoms with van der Waals surface area (Å²) in [5.74, 6) is -5.11. The molecule has 5 unspecified atom stereocenters. The molecule has 0 saturated heterocycles. The van der Waals surface area contributed by atoms with E-state index in [2.05, 4.69) is 16.0 Å². The zero-order chi connectivity index (χ0) is 26.0. The van der Waals surface area contributed by atoms with Gasteiger partial charge < -0.3 is 37.6 Å². The molecule has 0 spiro atoms. The average molecular weight is 480 g/mol. The van der Waals surface area contributed by atoms with Crippen LogP contribution in [0.1, 0.15) is 32.8 Å². The topological polar surface area (TPSA) is 214 Å². The Balaban J connectivity index is 2.98. The van der Waals surface area contributed by atoms with Crippen molar-refractivity contribution in [2.24, 2.45) is 17.4 Å². The third kappa shape index (κ3) is 9.16. The highest BCUT2D eigenvalue weighted by Gasteiger charge is 2.33. The quantitative estimate of drug-likeness (QED) is 0.168. The van der Waals surface area contributed by atoms with E-state index in [9.17, 15) is 34.2 Å². The van der Waals surface area contributed by atoms with Crippen LogP contribution in [0.25, 0.3) is 0 Å². The molecule has 0 aromatic heterocycles. The van der Waals surface area contributed by atoms with Crippen LogP contribution >= 0.6 is 0 Å². The fourth-order valence-corrected chi connectivity index (χ4v) is 2.95. The lowest BCUT2D eigenvalue weighted by Crippen LogP contribution is -2.60. The predicted molar refractivity (Wildman–Crippen MR) is 122 cm³/mol. The molecule has 0 aliphatic carbocycles. The average Bonchev–Trinajstić information content (AvgIpc) is 2.75. The number of aliphatic carboxylic acids is 1. The number of carboxylic acid groups (broad SMARTS) is 1. The molecular weight excluding hydrogens is 446 g/mol. The molecule has 5 atom stereocenters. The zero-order valence-corrected chi connectivity index (χ0v) is 19.4. The molecule has 1 aromatic rings. The summed E-state index contributed by atoms with van der Waals surface area (Å²) in [6.07, 6.45) is -2.05. The molecule has 1 rings (SSSR count). The number of benzene rings is 1. The van der Waals surface area contributed by atoms with E-state index in [4.69, 9.17) is 11.5 Å². The first-order valence-corrected chi connectivity index (χ1v) is 10.7. The second-order valence-corrected chi connectivity index (χ2v) is 8.32. The van der Waals surface area contributed by atoms with Gasteiger partial charge in [0.1, 0.15) is 18.1 Å². The number of aliphatic hydroxyl groups is 1. The van der Waals surface area contributed by atoms with E-state index in [1.807, 2.05) is 0 Å². The van der Waals surface area contributed by atoms with E-state index < -0.39 is 66.3 Å². The lowest BCUT2D eigenvalue weighted by molar-refractivity contribution is -0.143. The van der Waals surface area contributed by atoms with Crippen molar-refractivity contribution in [3.05, 3.63) is 35.9 Å². The van der Waals surface area contributed by atoms with Gasteiger partial charge in [0.15, 0.2) is 0 Å². The van der Waals surface area contributed by atoms with Gasteiger partial charge in [-0.1, -0.05) is 44.2 Å². The van der Waals surface area contributed by atoms with E-state index in [1.165, 1.54) is 6.92 Å². The van der Waals surface area contributed by atoms with E-state index >= 15 is 0 Å². The highest BCUT2D eigenvalue weighted by molar-refractivity contribution is 5.96. The van der Waals surface area contributed by atoms with E-state index in [0.29, 0.717) is 5.56 Å². The van der Waals surface area contributed by atoms with Gasteiger partial charge in [0, 0.05) is 6.42 Å². The molecule has 0 bridgehead atoms. The maximum atomic E-state index is 12.8. The third-order valence-corrected chi connectivity index (χ3v) is 5.02. The van der Waals surface area contributed by atoms with Gasteiger partial charge in [0.05, 0.1) is 18.6 Å². The predicted octanol–water partition coefficient (Wildman–Crippen LogP) is -1.99. The summed E-state index contributed by atoms with van der Waals surface area (Å²) in [6, 6.07) is 3.24. The number of hydrogen-bond donors (Lipinski definition) is 7. The van der Waals surface area contributed by atoms with Crippen LogP contribution in [0.5, 0.6) is 0 Å². The lowest BCUT2D eigenvalue weighted by Gasteiger charge is -2.26. The number of rotatable bonds is 13. The number of carboxylic acids is 1. The van der Waals surface area contributed by atoms with Gasteiger partial charge in [0.25, 0.3) is 0 Å². The molecule has 0 aliphatic heterocycles. The minimum Gasteiger partial charge on any atom is -0.480 e. The van der Waals surface area contributed by atoms with Gasteiger partial charge in [-0.2, -0.15) is 0 Å². The first-order chi connectivity index (χ1) is 15.8. The van der Waals surface area contributed by atoms with Crippen molar-refractivity contribution >= 4 is 29.6 Å². The summed E-state index contributed by atoms with van der Waals surface area (Å²) in [6.45, 7) is 4.60. The molecule has 0 fully saturated rings. The van der Waals surface area contributed by atoms with Crippen molar-refractivity contribution in [2.75, 3.05) is 0 Å². The van der Waals surface area contributed by atoms with Gasteiger partial charge >= 0.3 is 5.97 Å². The Hall–Kier alpha value is -3.51. The Morgan fingerprint density at radius 3 is 1.91 bits per heavy atom. The fourth-order valence-electron chi connectivity index (χ4n) is 2.95. The minimum atomic E-state index is -1.57. The van der Waals surface area contributed by atoms with Crippen LogP contribution in [0.4, 0.5) is 0 Å². The second-order valence-electron chi connectivity index (χ2n) is 8.32. The monoisotopic (exact) mass is 479 g/mol. The molecule has 12 heteroatoms. The van der Waals surface area contributed by atoms with Crippen molar-refractivity contribution in [3.63, 3.8) is 0 Å². The van der Waals surface area contributed by atoms with Crippen molar-refractivity contribution in [1.29, 1.82) is 0 Å². The standard InChI is InChI=1S/C22H33N5O7/c1-11(2)17(24)20(31)25-14(10-16(23)29)19(30)27-18(12(3)28)21(32)26-15(22(33)34)9-13-7-5-4-6-8-13/h4-8,11-12,14-15,17-18,28H,9-10,24H2,1-3H3,(H2,23,29)(H,25,31)(H,26,32)(H,27,30)(H,33,34). The summed E-state index contributed by atoms with van der Waals surface area (Å²) in [4.78, 5) is 60.8. The smallest absolute Gasteiger partial charge is 0.326 e. The SMILES string of the molecule is CC(C)C(N)C(=O)NC(CC(N)=O)C(=O)NC(C(=O)NC(Cc1ccccc1)C(=O)O)C(C)O. The Morgan fingerprint density at radius 2 is 1.44 bits per heavy atom. The van der Waals surface area contributed by atoms with Crippen LogP contribution in [-0.2, 0) is 30.4 Å². The maximum Gasteiger partial charge on any atom is 0.326 e. The summed E-state index contributed by atoms with van der Waals surface area (Å²) in [7, 11) is 0. The number of primary amides is 1. The summed E-state index contributed by atoms with van der Waals surface area (Å²) in [5.41, 5.74) is 11.6. The van der Waals surface area contributed by atoms with Crippen molar-refractivity contribution < 1.29 is 34.2 Å². The summed E-state index contributed by atoms with van der Waals surface area (Å²) >= 11 is 0. The molecule has 0 heterocycles. The molecule has 4 amide bonds. The largest absolute Gasteiger partial charge is 0.480 e. The minimum absolute atomic E-state index is 0.0319. The lowest BCUT2D eigenvalue weighted by atomic mass is 10.0. The third-order valence-electron chi connectivity index (χ3n) is 5.02. The van der Waals surface area contributed by atoms with E-state index in [0.717, 1.165) is 0 Å². The highest BCUT2D eigenvalue weighted by Crippen LogP contribution is 2.06. The van der Waals surface area contributed by atoms with E-state index in [1.54, 1.807) is 44.2 Å². The van der Waals surface area contributed by atoms with Crippen LogP contribution in [-0.4, -0.2) is 70.1 Å². The number of amides is 4. The molecule has 34 heavy (non-hydrogen) atoms. The molecule has 1 aromatic carbocycles. The molecule has 0 aliphatic rings. The number of aliphatic hydroxyl groups excluding tert-OH is 1. The van der Waals surface area contributed by atoms with Crippen LogP contribution < -0.4 is 27.4 Å². The zero-order valence-electron chi connectivity index (χ0n) is 19.4. The molecule has 0 saturated carbocycles. The molecule has 0 radical (unpaired) electrons. The number of nitrogens with one attached hydrogen (secondary N) is 3. The van der Waals surface area contributed by atoms with Crippen molar-refractivity contribution in [1.82, 2.24) is 16.0 Å². The number of carbonyl (C=O) groups excluding carboxylic acids is 4. The number of hydrogen-bond acceptors (Lipinski definition) is 7. The normalized spacial score (nSPS) is 15.4. The number of nitrogens with two attached hydrogens (primary N) is 2. The Morgan fingerprint density at radius 1 is 0.882 bits per heavy atom. The molecular formula is C22H33N5O7. The fraction of sp³-hybridized carbons (Fsp3) is 0.500. The maximum absolute atomic E-state index is 12.8. The molecule has 12 nitrogen and oxygen atoms in total. The van der Waals surface area contributed by atoms with Gasteiger partial charge in [-0.15, -0.1) is 0 Å². The van der Waals surface area contributed by atoms with Gasteiger partial charge in [0.2, 0.25) is 23.6 Å². The number of carbonyl (C=O) groups is 5. The van der Waals surface area contributed by atoms with Crippen LogP contribution in [0.15, 0.2) is 30.3 Å². The van der Waals surface area contributed by atoms with Crippen LogP contribution in [0.3, 0.4) is 0 Å². The first-order valence-electron chi connectivity index (χ1n) is 10.7. The summed E-state index contributed by atoms with van der Waals surface area (Å²) in [5, 5.41) is 26.4. The Labute approximate surface area is 197 Å². The van der Waals surface area contributed by atoms with Gasteiger partial charge in [-0.25, -0.2) is 4.79 Å². The first kappa shape index (κ1) is 28.5. The molecule has 188 valence electrons. The van der Waals surface area contributed by atoms with Crippen LogP contribution in [0.2, 0.25) is 0 Å². The summed E-state index contributed by atoms with van der Waals surface area (Å²) < 4.78 is 0. The second kappa shape index (κ2) is 13.3. The van der Waals surface area contributed by atoms with Gasteiger partial charge in [-0.3, -0.25) is 19.2 Å². The van der Waals surface area contributed by atoms with Crippen molar-refractivity contribution in [2.45, 2.75) is 63.9 Å².